The third-order valence-corrected chi connectivity index (χ3v) is 3.87. The van der Waals surface area contributed by atoms with Crippen LogP contribution in [0.2, 0.25) is 0 Å². The second-order valence-corrected chi connectivity index (χ2v) is 6.39. The highest BCUT2D eigenvalue weighted by molar-refractivity contribution is 5.38. The van der Waals surface area contributed by atoms with Gasteiger partial charge in [-0.25, -0.2) is 0 Å². The molecule has 0 fully saturated rings. The van der Waals surface area contributed by atoms with Gasteiger partial charge in [-0.1, -0.05) is 18.2 Å². The molecular formula is C17H23N3O. The minimum Gasteiger partial charge on any atom is -0.487 e. The van der Waals surface area contributed by atoms with Gasteiger partial charge in [0.1, 0.15) is 11.4 Å². The fraction of sp³-hybridized carbons (Fsp3) is 0.471. The van der Waals surface area contributed by atoms with Crippen LogP contribution in [0.5, 0.6) is 5.75 Å². The molecule has 0 radical (unpaired) electrons. The Morgan fingerprint density at radius 1 is 1.38 bits per heavy atom. The number of hydrogen-bond donors (Lipinski definition) is 1. The molecule has 1 N–H and O–H groups in total. The van der Waals surface area contributed by atoms with Crippen molar-refractivity contribution in [3.8, 4) is 5.75 Å². The Hall–Kier alpha value is -1.81. The van der Waals surface area contributed by atoms with Gasteiger partial charge < -0.3 is 10.1 Å². The van der Waals surface area contributed by atoms with Crippen LogP contribution < -0.4 is 10.1 Å². The summed E-state index contributed by atoms with van der Waals surface area (Å²) in [5, 5.41) is 7.97. The molecule has 2 heterocycles. The van der Waals surface area contributed by atoms with Crippen LogP contribution in [0.4, 0.5) is 0 Å². The second-order valence-electron chi connectivity index (χ2n) is 6.39. The monoisotopic (exact) mass is 285 g/mol. The molecule has 1 aliphatic rings. The number of fused-ring (bicyclic) bond motifs is 1. The lowest BCUT2D eigenvalue weighted by molar-refractivity contribution is 0.0659. The van der Waals surface area contributed by atoms with Crippen molar-refractivity contribution in [2.24, 2.45) is 0 Å². The van der Waals surface area contributed by atoms with Gasteiger partial charge >= 0.3 is 0 Å². The number of rotatable bonds is 4. The molecule has 0 saturated carbocycles. The van der Waals surface area contributed by atoms with Crippen LogP contribution in [0.3, 0.4) is 0 Å². The topological polar surface area (TPSA) is 39.1 Å². The van der Waals surface area contributed by atoms with E-state index >= 15 is 0 Å². The second kappa shape index (κ2) is 5.53. The zero-order valence-corrected chi connectivity index (χ0v) is 13.0. The molecule has 1 aromatic carbocycles. The van der Waals surface area contributed by atoms with Crippen LogP contribution in [0.1, 0.15) is 37.4 Å². The summed E-state index contributed by atoms with van der Waals surface area (Å²) in [5.74, 6) is 1.00. The molecule has 3 rings (SSSR count). The van der Waals surface area contributed by atoms with Crippen LogP contribution in [-0.2, 0) is 6.54 Å². The molecule has 0 saturated heterocycles. The molecule has 2 aromatic rings. The van der Waals surface area contributed by atoms with Crippen molar-refractivity contribution in [3.63, 3.8) is 0 Å². The average molecular weight is 285 g/mol. The molecule has 112 valence electrons. The summed E-state index contributed by atoms with van der Waals surface area (Å²) in [7, 11) is 0. The van der Waals surface area contributed by atoms with Gasteiger partial charge in [0.15, 0.2) is 0 Å². The highest BCUT2D eigenvalue weighted by atomic mass is 16.5. The van der Waals surface area contributed by atoms with Crippen LogP contribution >= 0.6 is 0 Å². The van der Waals surface area contributed by atoms with E-state index in [1.54, 1.807) is 0 Å². The third kappa shape index (κ3) is 3.27. The maximum atomic E-state index is 6.06. The molecule has 0 amide bonds. The first-order valence-electron chi connectivity index (χ1n) is 7.54. The van der Waals surface area contributed by atoms with E-state index in [0.29, 0.717) is 6.04 Å². The summed E-state index contributed by atoms with van der Waals surface area (Å²) >= 11 is 0. The van der Waals surface area contributed by atoms with Gasteiger partial charge in [-0.2, -0.15) is 5.10 Å². The van der Waals surface area contributed by atoms with Gasteiger partial charge in [0.2, 0.25) is 0 Å². The Labute approximate surface area is 126 Å². The van der Waals surface area contributed by atoms with Gasteiger partial charge in [-0.05, 0) is 32.4 Å². The Balaban J connectivity index is 1.67. The smallest absolute Gasteiger partial charge is 0.124 e. The summed E-state index contributed by atoms with van der Waals surface area (Å²) < 4.78 is 8.04. The predicted octanol–water partition coefficient (Wildman–Crippen LogP) is 3.08. The number of para-hydroxylation sites is 1. The van der Waals surface area contributed by atoms with E-state index < -0.39 is 0 Å². The number of hydrogen-bond acceptors (Lipinski definition) is 3. The molecule has 1 aliphatic heterocycles. The molecule has 1 aromatic heterocycles. The zero-order valence-electron chi connectivity index (χ0n) is 13.0. The first-order valence-corrected chi connectivity index (χ1v) is 7.54. The van der Waals surface area contributed by atoms with Crippen LogP contribution in [0.25, 0.3) is 0 Å². The molecular weight excluding hydrogens is 262 g/mol. The number of nitrogens with one attached hydrogen (secondary N) is 1. The van der Waals surface area contributed by atoms with E-state index in [-0.39, 0.29) is 5.60 Å². The fourth-order valence-corrected chi connectivity index (χ4v) is 2.93. The molecule has 0 bridgehead atoms. The largest absolute Gasteiger partial charge is 0.487 e. The van der Waals surface area contributed by atoms with Crippen molar-refractivity contribution in [2.75, 3.05) is 6.54 Å². The zero-order chi connectivity index (χ0) is 14.9. The van der Waals surface area contributed by atoms with Crippen LogP contribution in [0, 0.1) is 6.92 Å². The maximum Gasteiger partial charge on any atom is 0.124 e. The van der Waals surface area contributed by atoms with Crippen LogP contribution in [0.15, 0.2) is 36.7 Å². The number of ether oxygens (including phenoxy) is 1. The third-order valence-electron chi connectivity index (χ3n) is 3.87. The van der Waals surface area contributed by atoms with E-state index in [2.05, 4.69) is 55.6 Å². The lowest BCUT2D eigenvalue weighted by Crippen LogP contribution is -2.40. The van der Waals surface area contributed by atoms with E-state index in [1.807, 2.05) is 16.9 Å². The van der Waals surface area contributed by atoms with Gasteiger partial charge in [0.25, 0.3) is 0 Å². The van der Waals surface area contributed by atoms with Gasteiger partial charge in [-0.15, -0.1) is 0 Å². The Morgan fingerprint density at radius 3 is 2.95 bits per heavy atom. The molecule has 4 nitrogen and oxygen atoms in total. The normalized spacial score (nSPS) is 19.9. The van der Waals surface area contributed by atoms with E-state index in [0.717, 1.165) is 25.3 Å². The van der Waals surface area contributed by atoms with E-state index in [1.165, 1.54) is 11.1 Å². The molecule has 1 unspecified atom stereocenters. The summed E-state index contributed by atoms with van der Waals surface area (Å²) in [5.41, 5.74) is 2.33. The molecule has 4 heteroatoms. The lowest BCUT2D eigenvalue weighted by atomic mass is 9.90. The van der Waals surface area contributed by atoms with E-state index in [4.69, 9.17) is 4.74 Å². The van der Waals surface area contributed by atoms with Gasteiger partial charge in [0.05, 0.1) is 12.7 Å². The number of benzene rings is 1. The van der Waals surface area contributed by atoms with Crippen LogP contribution in [-0.4, -0.2) is 21.9 Å². The standard InChI is InChI=1S/C17H23N3O/c1-13-11-19-20(12-13)9-8-18-15-10-17(2,3)21-16-7-5-4-6-14(15)16/h4-7,11-12,15,18H,8-10H2,1-3H3. The van der Waals surface area contributed by atoms with Crippen molar-refractivity contribution >= 4 is 0 Å². The van der Waals surface area contributed by atoms with E-state index in [9.17, 15) is 0 Å². The highest BCUT2D eigenvalue weighted by Gasteiger charge is 2.32. The van der Waals surface area contributed by atoms with Crippen molar-refractivity contribution in [1.82, 2.24) is 15.1 Å². The first-order chi connectivity index (χ1) is 10.0. The number of aromatic nitrogens is 2. The minimum absolute atomic E-state index is 0.131. The fourth-order valence-electron chi connectivity index (χ4n) is 2.93. The lowest BCUT2D eigenvalue weighted by Gasteiger charge is -2.38. The van der Waals surface area contributed by atoms with Crippen molar-refractivity contribution in [3.05, 3.63) is 47.8 Å². The Bertz CT molecular complexity index is 618. The van der Waals surface area contributed by atoms with Gasteiger partial charge in [-0.3, -0.25) is 4.68 Å². The predicted molar refractivity (Wildman–Crippen MR) is 83.5 cm³/mol. The molecule has 21 heavy (non-hydrogen) atoms. The quantitative estimate of drug-likeness (QED) is 0.938. The van der Waals surface area contributed by atoms with Crippen molar-refractivity contribution in [1.29, 1.82) is 0 Å². The molecule has 0 aliphatic carbocycles. The molecule has 0 spiro atoms. The number of aryl methyl sites for hydroxylation is 1. The van der Waals surface area contributed by atoms with Gasteiger partial charge in [0, 0.05) is 30.8 Å². The highest BCUT2D eigenvalue weighted by Crippen LogP contribution is 2.38. The Morgan fingerprint density at radius 2 is 2.19 bits per heavy atom. The molecule has 1 atom stereocenters. The van der Waals surface area contributed by atoms with Crippen molar-refractivity contribution in [2.45, 2.75) is 45.4 Å². The van der Waals surface area contributed by atoms with Crippen molar-refractivity contribution < 1.29 is 4.74 Å². The average Bonchev–Trinajstić information content (AvgIpc) is 2.83. The summed E-state index contributed by atoms with van der Waals surface area (Å²) in [4.78, 5) is 0. The summed E-state index contributed by atoms with van der Waals surface area (Å²) in [6.07, 6.45) is 4.94. The Kier molecular flexibility index (Phi) is 3.72. The summed E-state index contributed by atoms with van der Waals surface area (Å²) in [6.45, 7) is 8.14. The first kappa shape index (κ1) is 14.1. The summed E-state index contributed by atoms with van der Waals surface area (Å²) in [6, 6.07) is 8.65. The minimum atomic E-state index is -0.131. The number of nitrogens with zero attached hydrogens (tertiary/aromatic N) is 2. The SMILES string of the molecule is Cc1cnn(CCNC2CC(C)(C)Oc3ccccc32)c1. The maximum absolute atomic E-state index is 6.06.